The normalized spacial score (nSPS) is 11.1. The minimum Gasteiger partial charge on any atom is -0.496 e. The Balaban J connectivity index is 2.61. The van der Waals surface area contributed by atoms with Gasteiger partial charge in [-0.2, -0.15) is 0 Å². The quantitative estimate of drug-likeness (QED) is 0.624. The van der Waals surface area contributed by atoms with E-state index in [1.807, 2.05) is 31.2 Å². The molecule has 2 heterocycles. The second-order valence-electron chi connectivity index (χ2n) is 4.12. The van der Waals surface area contributed by atoms with Gasteiger partial charge in [0.2, 0.25) is 0 Å². The molecular weight excluding hydrogens is 248 g/mol. The van der Waals surface area contributed by atoms with Crippen LogP contribution in [-0.2, 0) is 0 Å². The molecule has 3 aromatic rings. The first kappa shape index (κ1) is 11.2. The molecule has 0 saturated heterocycles. The van der Waals surface area contributed by atoms with Crippen molar-refractivity contribution in [2.45, 2.75) is 6.92 Å². The molecule has 0 fully saturated rings. The molecule has 0 unspecified atom stereocenters. The topological polar surface area (TPSA) is 35.0 Å². The Kier molecular flexibility index (Phi) is 2.56. The highest BCUT2D eigenvalue weighted by Gasteiger charge is 2.12. The lowest BCUT2D eigenvalue weighted by Crippen LogP contribution is -1.93. The van der Waals surface area contributed by atoms with Crippen LogP contribution in [-0.4, -0.2) is 17.1 Å². The van der Waals surface area contributed by atoms with Crippen LogP contribution in [0.5, 0.6) is 5.75 Å². The minimum absolute atomic E-state index is 0.641. The maximum absolute atomic E-state index is 6.30. The van der Waals surface area contributed by atoms with E-state index in [1.54, 1.807) is 13.3 Å². The van der Waals surface area contributed by atoms with E-state index in [2.05, 4.69) is 9.97 Å². The Bertz CT molecular complexity index is 755. The van der Waals surface area contributed by atoms with Crippen molar-refractivity contribution >= 4 is 33.4 Å². The van der Waals surface area contributed by atoms with Crippen LogP contribution in [0.2, 0.25) is 5.02 Å². The van der Waals surface area contributed by atoms with Gasteiger partial charge in [-0.3, -0.25) is 9.97 Å². The summed E-state index contributed by atoms with van der Waals surface area (Å²) < 4.78 is 5.40. The first-order valence-corrected chi connectivity index (χ1v) is 5.97. The zero-order chi connectivity index (χ0) is 12.7. The number of benzene rings is 1. The van der Waals surface area contributed by atoms with E-state index in [0.717, 1.165) is 33.2 Å². The van der Waals surface area contributed by atoms with Gasteiger partial charge in [0.25, 0.3) is 0 Å². The number of rotatable bonds is 1. The summed E-state index contributed by atoms with van der Waals surface area (Å²) in [7, 11) is 1.63. The van der Waals surface area contributed by atoms with Gasteiger partial charge in [-0.25, -0.2) is 0 Å². The van der Waals surface area contributed by atoms with E-state index in [-0.39, 0.29) is 0 Å². The Morgan fingerprint density at radius 3 is 2.83 bits per heavy atom. The minimum atomic E-state index is 0.641. The van der Waals surface area contributed by atoms with E-state index in [4.69, 9.17) is 16.3 Å². The van der Waals surface area contributed by atoms with E-state index >= 15 is 0 Å². The number of nitrogens with zero attached hydrogens (tertiary/aromatic N) is 2. The zero-order valence-corrected chi connectivity index (χ0v) is 10.8. The number of hydrogen-bond donors (Lipinski definition) is 0. The molecule has 18 heavy (non-hydrogen) atoms. The maximum Gasteiger partial charge on any atom is 0.130 e. The van der Waals surface area contributed by atoms with Crippen molar-refractivity contribution in [1.29, 1.82) is 0 Å². The molecule has 0 saturated carbocycles. The van der Waals surface area contributed by atoms with E-state index in [0.29, 0.717) is 5.02 Å². The van der Waals surface area contributed by atoms with Crippen molar-refractivity contribution in [2.24, 2.45) is 0 Å². The first-order chi connectivity index (χ1) is 8.70. The van der Waals surface area contributed by atoms with Crippen LogP contribution < -0.4 is 4.74 Å². The van der Waals surface area contributed by atoms with Crippen LogP contribution in [0.1, 0.15) is 5.69 Å². The highest BCUT2D eigenvalue weighted by Crippen LogP contribution is 2.36. The van der Waals surface area contributed by atoms with E-state index in [9.17, 15) is 0 Å². The monoisotopic (exact) mass is 258 g/mol. The number of halogens is 1. The number of aromatic nitrogens is 2. The molecule has 0 aliphatic carbocycles. The predicted molar refractivity (Wildman–Crippen MR) is 73.3 cm³/mol. The summed E-state index contributed by atoms with van der Waals surface area (Å²) in [5, 5.41) is 2.45. The van der Waals surface area contributed by atoms with Crippen LogP contribution in [0.3, 0.4) is 0 Å². The van der Waals surface area contributed by atoms with Gasteiger partial charge in [-0.05, 0) is 25.1 Å². The van der Waals surface area contributed by atoms with Gasteiger partial charge in [0, 0.05) is 17.3 Å². The lowest BCUT2D eigenvalue weighted by molar-refractivity contribution is 0.420. The molecule has 3 rings (SSSR count). The summed E-state index contributed by atoms with van der Waals surface area (Å²) in [5.41, 5.74) is 2.50. The van der Waals surface area contributed by atoms with Crippen molar-refractivity contribution in [1.82, 2.24) is 9.97 Å². The third kappa shape index (κ3) is 1.59. The van der Waals surface area contributed by atoms with Crippen molar-refractivity contribution in [3.05, 3.63) is 41.2 Å². The molecule has 0 amide bonds. The van der Waals surface area contributed by atoms with E-state index in [1.165, 1.54) is 0 Å². The van der Waals surface area contributed by atoms with Crippen LogP contribution in [0.4, 0.5) is 0 Å². The average molecular weight is 259 g/mol. The fraction of sp³-hybridized carbons (Fsp3) is 0.143. The SMILES string of the molecule is COc1cc2cccnc2c2nc(C)cc(Cl)c12. The maximum atomic E-state index is 6.30. The molecule has 2 aromatic heterocycles. The largest absolute Gasteiger partial charge is 0.496 e. The molecule has 0 radical (unpaired) electrons. The number of hydrogen-bond acceptors (Lipinski definition) is 3. The summed E-state index contributed by atoms with van der Waals surface area (Å²) in [5.74, 6) is 0.725. The highest BCUT2D eigenvalue weighted by atomic mass is 35.5. The van der Waals surface area contributed by atoms with Crippen LogP contribution >= 0.6 is 11.6 Å². The van der Waals surface area contributed by atoms with Crippen LogP contribution in [0, 0.1) is 6.92 Å². The highest BCUT2D eigenvalue weighted by molar-refractivity contribution is 6.36. The smallest absolute Gasteiger partial charge is 0.130 e. The molecule has 90 valence electrons. The number of methoxy groups -OCH3 is 1. The molecule has 0 spiro atoms. The molecular formula is C14H11ClN2O. The van der Waals surface area contributed by atoms with Crippen molar-refractivity contribution in [2.75, 3.05) is 7.11 Å². The number of fused-ring (bicyclic) bond motifs is 3. The molecule has 0 atom stereocenters. The van der Waals surface area contributed by atoms with Gasteiger partial charge in [0.05, 0.1) is 23.0 Å². The fourth-order valence-corrected chi connectivity index (χ4v) is 2.49. The zero-order valence-electron chi connectivity index (χ0n) is 10.1. The van der Waals surface area contributed by atoms with E-state index < -0.39 is 0 Å². The lowest BCUT2D eigenvalue weighted by Gasteiger charge is -2.10. The molecule has 0 aliphatic rings. The summed E-state index contributed by atoms with van der Waals surface area (Å²) in [4.78, 5) is 8.94. The molecule has 4 heteroatoms. The Morgan fingerprint density at radius 2 is 2.06 bits per heavy atom. The molecule has 0 aliphatic heterocycles. The first-order valence-electron chi connectivity index (χ1n) is 5.59. The predicted octanol–water partition coefficient (Wildman–Crippen LogP) is 3.75. The standard InChI is InChI=1S/C14H11ClN2O/c1-8-6-10(15)12-11(18-2)7-9-4-3-5-16-13(9)14(12)17-8/h3-7H,1-2H3. The van der Waals surface area contributed by atoms with Gasteiger partial charge in [0.1, 0.15) is 11.3 Å². The summed E-state index contributed by atoms with van der Waals surface area (Å²) in [6, 6.07) is 7.65. The third-order valence-corrected chi connectivity index (χ3v) is 3.21. The summed E-state index contributed by atoms with van der Waals surface area (Å²) in [6.45, 7) is 1.92. The number of pyridine rings is 2. The Morgan fingerprint density at radius 1 is 1.22 bits per heavy atom. The van der Waals surface area contributed by atoms with Gasteiger partial charge in [-0.15, -0.1) is 0 Å². The summed E-state index contributed by atoms with van der Waals surface area (Å²) in [6.07, 6.45) is 1.76. The summed E-state index contributed by atoms with van der Waals surface area (Å²) >= 11 is 6.30. The molecule has 1 aromatic carbocycles. The second kappa shape index (κ2) is 4.10. The van der Waals surface area contributed by atoms with Crippen LogP contribution in [0.25, 0.3) is 21.8 Å². The van der Waals surface area contributed by atoms with Crippen molar-refractivity contribution in [3.8, 4) is 5.75 Å². The van der Waals surface area contributed by atoms with Gasteiger partial charge in [-0.1, -0.05) is 17.7 Å². The molecule has 0 N–H and O–H groups in total. The van der Waals surface area contributed by atoms with Crippen molar-refractivity contribution in [3.63, 3.8) is 0 Å². The van der Waals surface area contributed by atoms with Gasteiger partial charge < -0.3 is 4.74 Å². The Hall–Kier alpha value is -1.87. The lowest BCUT2D eigenvalue weighted by atomic mass is 10.1. The number of ether oxygens (including phenoxy) is 1. The average Bonchev–Trinajstić information content (AvgIpc) is 2.37. The molecule has 0 bridgehead atoms. The number of aryl methyl sites for hydroxylation is 1. The van der Waals surface area contributed by atoms with Gasteiger partial charge in [0.15, 0.2) is 0 Å². The van der Waals surface area contributed by atoms with Crippen LogP contribution in [0.15, 0.2) is 30.5 Å². The fourth-order valence-electron chi connectivity index (χ4n) is 2.15. The molecule has 3 nitrogen and oxygen atoms in total. The third-order valence-electron chi connectivity index (χ3n) is 2.92. The van der Waals surface area contributed by atoms with Gasteiger partial charge >= 0.3 is 0 Å². The second-order valence-corrected chi connectivity index (χ2v) is 4.53. The van der Waals surface area contributed by atoms with Crippen molar-refractivity contribution < 1.29 is 4.74 Å². The Labute approximate surface area is 109 Å².